The molecule has 0 aromatic heterocycles. The summed E-state index contributed by atoms with van der Waals surface area (Å²) in [6.45, 7) is 6.23. The van der Waals surface area contributed by atoms with Crippen LogP contribution in [0.2, 0.25) is 0 Å². The van der Waals surface area contributed by atoms with Crippen LogP contribution >= 0.6 is 0 Å². The third-order valence-electron chi connectivity index (χ3n) is 2.62. The van der Waals surface area contributed by atoms with Crippen LogP contribution in [0.1, 0.15) is 33.6 Å². The van der Waals surface area contributed by atoms with Crippen molar-refractivity contribution in [1.82, 2.24) is 0 Å². The Labute approximate surface area is 87.7 Å². The van der Waals surface area contributed by atoms with Crippen molar-refractivity contribution in [3.63, 3.8) is 0 Å². The van der Waals surface area contributed by atoms with Crippen molar-refractivity contribution >= 4 is 0 Å². The molecule has 1 atom stereocenters. The molecule has 0 aliphatic heterocycles. The van der Waals surface area contributed by atoms with Gasteiger partial charge in [-0.25, -0.2) is 0 Å². The molecule has 0 N–H and O–H groups in total. The molecule has 2 aliphatic rings. The Morgan fingerprint density at radius 2 is 2.00 bits per heavy atom. The lowest BCUT2D eigenvalue weighted by Crippen LogP contribution is -2.06. The second-order valence-electron chi connectivity index (χ2n) is 3.40. The van der Waals surface area contributed by atoms with Crippen molar-refractivity contribution in [3.05, 3.63) is 47.6 Å². The summed E-state index contributed by atoms with van der Waals surface area (Å²) >= 11 is 0. The van der Waals surface area contributed by atoms with E-state index in [9.17, 15) is 0 Å². The summed E-state index contributed by atoms with van der Waals surface area (Å²) in [5.41, 5.74) is 3.04. The Hall–Kier alpha value is -1.04. The molecule has 2 aliphatic carbocycles. The standard InChI is InChI=1S/C12H14.C2H6/c1-2-10-7-8-11-5-3-4-6-12(11)9-10;1-2/h3-8,12H,2,9H2,1H3;1-2H3. The van der Waals surface area contributed by atoms with E-state index in [0.717, 1.165) is 0 Å². The highest BCUT2D eigenvalue weighted by Gasteiger charge is 2.15. The zero-order chi connectivity index (χ0) is 10.4. The molecule has 0 nitrogen and oxygen atoms in total. The first-order valence-electron chi connectivity index (χ1n) is 5.64. The second-order valence-corrected chi connectivity index (χ2v) is 3.40. The lowest BCUT2D eigenvalue weighted by atomic mass is 9.84. The van der Waals surface area contributed by atoms with Gasteiger partial charge in [0.1, 0.15) is 0 Å². The Morgan fingerprint density at radius 1 is 1.21 bits per heavy atom. The van der Waals surface area contributed by atoms with E-state index in [-0.39, 0.29) is 0 Å². The average molecular weight is 188 g/mol. The number of allylic oxidation sites excluding steroid dienone is 8. The summed E-state index contributed by atoms with van der Waals surface area (Å²) in [5, 5.41) is 0. The minimum atomic E-state index is 0.662. The number of hydrogen-bond donors (Lipinski definition) is 0. The molecule has 0 radical (unpaired) electrons. The molecule has 2 rings (SSSR count). The first kappa shape index (κ1) is 11.0. The average Bonchev–Trinajstić information content (AvgIpc) is 2.31. The van der Waals surface area contributed by atoms with Gasteiger partial charge in [-0.2, -0.15) is 0 Å². The molecule has 1 unspecified atom stereocenters. The summed E-state index contributed by atoms with van der Waals surface area (Å²) in [4.78, 5) is 0. The molecule has 0 heteroatoms. The molecule has 0 saturated heterocycles. The van der Waals surface area contributed by atoms with E-state index >= 15 is 0 Å². The van der Waals surface area contributed by atoms with Gasteiger partial charge in [0, 0.05) is 5.92 Å². The molecule has 76 valence electrons. The van der Waals surface area contributed by atoms with Crippen molar-refractivity contribution in [1.29, 1.82) is 0 Å². The fraction of sp³-hybridized carbons (Fsp3) is 0.429. The first-order chi connectivity index (χ1) is 6.90. The number of hydrogen-bond acceptors (Lipinski definition) is 0. The monoisotopic (exact) mass is 188 g/mol. The van der Waals surface area contributed by atoms with Gasteiger partial charge in [0.2, 0.25) is 0 Å². The molecule has 0 saturated carbocycles. The SMILES string of the molecule is CC.CCC1=CC=C2C=CC=CC2C1. The van der Waals surface area contributed by atoms with E-state index in [1.807, 2.05) is 13.8 Å². The molecular weight excluding hydrogens is 168 g/mol. The third kappa shape index (κ3) is 2.47. The maximum atomic E-state index is 2.30. The van der Waals surface area contributed by atoms with Crippen LogP contribution in [0, 0.1) is 5.92 Å². The Bertz CT molecular complexity index is 287. The van der Waals surface area contributed by atoms with Crippen LogP contribution in [0.5, 0.6) is 0 Å². The number of fused-ring (bicyclic) bond motifs is 1. The lowest BCUT2D eigenvalue weighted by Gasteiger charge is -2.21. The molecule has 0 aromatic rings. The fourth-order valence-corrected chi connectivity index (χ4v) is 1.79. The van der Waals surface area contributed by atoms with Gasteiger partial charge in [0.15, 0.2) is 0 Å². The van der Waals surface area contributed by atoms with Gasteiger partial charge < -0.3 is 0 Å². The second kappa shape index (κ2) is 5.64. The number of rotatable bonds is 1. The largest absolute Gasteiger partial charge is 0.0767 e. The molecule has 0 bridgehead atoms. The molecule has 0 heterocycles. The van der Waals surface area contributed by atoms with E-state index in [4.69, 9.17) is 0 Å². The Kier molecular flexibility index (Phi) is 4.45. The van der Waals surface area contributed by atoms with Crippen molar-refractivity contribution < 1.29 is 0 Å². The van der Waals surface area contributed by atoms with E-state index in [1.54, 1.807) is 5.57 Å². The van der Waals surface area contributed by atoms with Crippen molar-refractivity contribution in [2.45, 2.75) is 33.6 Å². The quantitative estimate of drug-likeness (QED) is 0.571. The minimum absolute atomic E-state index is 0.662. The Morgan fingerprint density at radius 3 is 2.71 bits per heavy atom. The van der Waals surface area contributed by atoms with E-state index in [1.165, 1.54) is 18.4 Å². The summed E-state index contributed by atoms with van der Waals surface area (Å²) in [6, 6.07) is 0. The van der Waals surface area contributed by atoms with Crippen molar-refractivity contribution in [2.24, 2.45) is 5.92 Å². The van der Waals surface area contributed by atoms with E-state index in [0.29, 0.717) is 5.92 Å². The van der Waals surface area contributed by atoms with Crippen LogP contribution in [0.3, 0.4) is 0 Å². The zero-order valence-corrected chi connectivity index (χ0v) is 9.46. The van der Waals surface area contributed by atoms with Gasteiger partial charge in [0.25, 0.3) is 0 Å². The van der Waals surface area contributed by atoms with Gasteiger partial charge in [-0.15, -0.1) is 0 Å². The van der Waals surface area contributed by atoms with Gasteiger partial charge in [-0.05, 0) is 18.4 Å². The highest BCUT2D eigenvalue weighted by molar-refractivity contribution is 5.40. The molecule has 0 amide bonds. The highest BCUT2D eigenvalue weighted by atomic mass is 14.2. The molecular formula is C14H20. The van der Waals surface area contributed by atoms with E-state index in [2.05, 4.69) is 43.4 Å². The zero-order valence-electron chi connectivity index (χ0n) is 9.46. The normalized spacial score (nSPS) is 22.9. The summed E-state index contributed by atoms with van der Waals surface area (Å²) in [6.07, 6.45) is 15.7. The van der Waals surface area contributed by atoms with Crippen LogP contribution in [0.15, 0.2) is 47.6 Å². The minimum Gasteiger partial charge on any atom is -0.0767 e. The van der Waals surface area contributed by atoms with Gasteiger partial charge in [-0.3, -0.25) is 0 Å². The van der Waals surface area contributed by atoms with Gasteiger partial charge in [-0.1, -0.05) is 62.8 Å². The van der Waals surface area contributed by atoms with Crippen LogP contribution < -0.4 is 0 Å². The summed E-state index contributed by atoms with van der Waals surface area (Å²) in [7, 11) is 0. The molecule has 0 fully saturated rings. The van der Waals surface area contributed by atoms with Crippen LogP contribution in [0.25, 0.3) is 0 Å². The van der Waals surface area contributed by atoms with Crippen LogP contribution in [-0.4, -0.2) is 0 Å². The van der Waals surface area contributed by atoms with Crippen LogP contribution in [0.4, 0.5) is 0 Å². The topological polar surface area (TPSA) is 0 Å². The third-order valence-corrected chi connectivity index (χ3v) is 2.62. The molecule has 0 spiro atoms. The fourth-order valence-electron chi connectivity index (χ4n) is 1.79. The van der Waals surface area contributed by atoms with Gasteiger partial charge >= 0.3 is 0 Å². The summed E-state index contributed by atoms with van der Waals surface area (Å²) < 4.78 is 0. The van der Waals surface area contributed by atoms with Gasteiger partial charge in [0.05, 0.1) is 0 Å². The van der Waals surface area contributed by atoms with Crippen LogP contribution in [-0.2, 0) is 0 Å². The van der Waals surface area contributed by atoms with Crippen molar-refractivity contribution in [2.75, 3.05) is 0 Å². The van der Waals surface area contributed by atoms with Crippen molar-refractivity contribution in [3.8, 4) is 0 Å². The molecule has 0 aromatic carbocycles. The smallest absolute Gasteiger partial charge is 0.00583 e. The maximum absolute atomic E-state index is 2.30. The van der Waals surface area contributed by atoms with E-state index < -0.39 is 0 Å². The predicted molar refractivity (Wildman–Crippen MR) is 64.2 cm³/mol. The Balaban J connectivity index is 0.000000461. The molecule has 14 heavy (non-hydrogen) atoms. The summed E-state index contributed by atoms with van der Waals surface area (Å²) in [5.74, 6) is 0.662. The first-order valence-corrected chi connectivity index (χ1v) is 5.64. The maximum Gasteiger partial charge on any atom is 0.00583 e. The highest BCUT2D eigenvalue weighted by Crippen LogP contribution is 2.30. The predicted octanol–water partition coefficient (Wildman–Crippen LogP) is 4.42. The lowest BCUT2D eigenvalue weighted by molar-refractivity contribution is 0.724.